The van der Waals surface area contributed by atoms with E-state index in [9.17, 15) is 14.4 Å². The number of ether oxygens (including phenoxy) is 3. The lowest BCUT2D eigenvalue weighted by atomic mass is 10.0. The first-order valence-corrected chi connectivity index (χ1v) is 8.32. The molecule has 0 heterocycles. The number of hydrogen-bond acceptors (Lipinski definition) is 6. The summed E-state index contributed by atoms with van der Waals surface area (Å²) in [5.74, 6) is -0.141. The van der Waals surface area contributed by atoms with E-state index in [-0.39, 0.29) is 30.2 Å². The molecule has 0 fully saturated rings. The van der Waals surface area contributed by atoms with Crippen LogP contribution in [0.1, 0.15) is 30.1 Å². The van der Waals surface area contributed by atoms with Gasteiger partial charge in [0.2, 0.25) is 17.6 Å². The van der Waals surface area contributed by atoms with Gasteiger partial charge in [-0.3, -0.25) is 25.2 Å². The third-order valence-corrected chi connectivity index (χ3v) is 3.80. The van der Waals surface area contributed by atoms with E-state index in [1.165, 1.54) is 38.4 Å². The fourth-order valence-corrected chi connectivity index (χ4v) is 2.33. The van der Waals surface area contributed by atoms with Crippen molar-refractivity contribution >= 4 is 17.7 Å². The van der Waals surface area contributed by atoms with Crippen molar-refractivity contribution in [3.63, 3.8) is 0 Å². The largest absolute Gasteiger partial charge is 0.493 e. The zero-order chi connectivity index (χ0) is 20.6. The second-order valence-corrected chi connectivity index (χ2v) is 6.22. The molecule has 0 saturated carbocycles. The van der Waals surface area contributed by atoms with Gasteiger partial charge in [-0.2, -0.15) is 0 Å². The molecule has 0 radical (unpaired) electrons. The van der Waals surface area contributed by atoms with Crippen molar-refractivity contribution in [1.82, 2.24) is 15.8 Å². The van der Waals surface area contributed by atoms with Gasteiger partial charge in [0.15, 0.2) is 11.5 Å². The highest BCUT2D eigenvalue weighted by Crippen LogP contribution is 2.38. The number of nitrogens with zero attached hydrogens (tertiary/aromatic N) is 1. The second kappa shape index (κ2) is 10.2. The van der Waals surface area contributed by atoms with Gasteiger partial charge in [0.25, 0.3) is 5.91 Å². The molecule has 0 bridgehead atoms. The van der Waals surface area contributed by atoms with Crippen molar-refractivity contribution in [2.75, 3.05) is 35.4 Å². The maximum atomic E-state index is 12.3. The number of hydrogen-bond donors (Lipinski definition) is 2. The molecule has 0 saturated heterocycles. The maximum Gasteiger partial charge on any atom is 0.269 e. The van der Waals surface area contributed by atoms with E-state index in [1.807, 2.05) is 0 Å². The lowest BCUT2D eigenvalue weighted by Crippen LogP contribution is -2.42. The molecule has 27 heavy (non-hydrogen) atoms. The number of amides is 3. The average Bonchev–Trinajstić information content (AvgIpc) is 2.64. The Balaban J connectivity index is 2.69. The monoisotopic (exact) mass is 381 g/mol. The van der Waals surface area contributed by atoms with E-state index in [0.717, 1.165) is 0 Å². The lowest BCUT2D eigenvalue weighted by molar-refractivity contribution is -0.130. The molecule has 1 rings (SSSR count). The molecule has 1 unspecified atom stereocenters. The molecule has 0 spiro atoms. The summed E-state index contributed by atoms with van der Waals surface area (Å²) >= 11 is 0. The molecule has 3 amide bonds. The summed E-state index contributed by atoms with van der Waals surface area (Å²) in [6.45, 7) is 1.79. The highest BCUT2D eigenvalue weighted by atomic mass is 16.5. The number of hydrazine groups is 1. The van der Waals surface area contributed by atoms with Crippen LogP contribution in [0.25, 0.3) is 0 Å². The Labute approximate surface area is 158 Å². The van der Waals surface area contributed by atoms with Gasteiger partial charge < -0.3 is 19.1 Å². The van der Waals surface area contributed by atoms with Crippen molar-refractivity contribution in [1.29, 1.82) is 0 Å². The molecule has 0 aromatic heterocycles. The van der Waals surface area contributed by atoms with Crippen molar-refractivity contribution < 1.29 is 28.6 Å². The van der Waals surface area contributed by atoms with Crippen LogP contribution in [-0.2, 0) is 9.59 Å². The Morgan fingerprint density at radius 3 is 1.96 bits per heavy atom. The van der Waals surface area contributed by atoms with Crippen LogP contribution in [0.5, 0.6) is 17.2 Å². The molecule has 2 N–H and O–H groups in total. The SMILES string of the molecule is COc1cc(C(=O)NNC(=O)CC(C)CC(=O)N(C)C)cc(OC)c1OC. The molecule has 9 nitrogen and oxygen atoms in total. The van der Waals surface area contributed by atoms with Crippen LogP contribution in [0.3, 0.4) is 0 Å². The van der Waals surface area contributed by atoms with E-state index in [4.69, 9.17) is 14.2 Å². The fourth-order valence-electron chi connectivity index (χ4n) is 2.33. The number of carbonyl (C=O) groups excluding carboxylic acids is 3. The number of rotatable bonds is 8. The van der Waals surface area contributed by atoms with Crippen molar-refractivity contribution in [2.24, 2.45) is 5.92 Å². The van der Waals surface area contributed by atoms with Crippen molar-refractivity contribution in [3.05, 3.63) is 17.7 Å². The van der Waals surface area contributed by atoms with Crippen LogP contribution in [0.2, 0.25) is 0 Å². The summed E-state index contributed by atoms with van der Waals surface area (Å²) in [6.07, 6.45) is 0.357. The normalized spacial score (nSPS) is 11.2. The predicted molar refractivity (Wildman–Crippen MR) is 98.8 cm³/mol. The average molecular weight is 381 g/mol. The molecule has 1 aromatic rings. The summed E-state index contributed by atoms with van der Waals surface area (Å²) in [4.78, 5) is 37.4. The van der Waals surface area contributed by atoms with E-state index in [0.29, 0.717) is 17.2 Å². The predicted octanol–water partition coefficient (Wildman–Crippen LogP) is 0.978. The van der Waals surface area contributed by atoms with Gasteiger partial charge in [-0.05, 0) is 18.1 Å². The quantitative estimate of drug-likeness (QED) is 0.650. The molecular formula is C18H27N3O6. The molecular weight excluding hydrogens is 354 g/mol. The van der Waals surface area contributed by atoms with Gasteiger partial charge in [-0.15, -0.1) is 0 Å². The molecule has 0 aliphatic rings. The van der Waals surface area contributed by atoms with E-state index < -0.39 is 11.8 Å². The maximum absolute atomic E-state index is 12.3. The summed E-state index contributed by atoms with van der Waals surface area (Å²) in [5.41, 5.74) is 4.90. The lowest BCUT2D eigenvalue weighted by Gasteiger charge is -2.16. The van der Waals surface area contributed by atoms with Crippen molar-refractivity contribution in [3.8, 4) is 17.2 Å². The summed E-state index contributed by atoms with van der Waals surface area (Å²) in [6, 6.07) is 2.95. The highest BCUT2D eigenvalue weighted by Gasteiger charge is 2.18. The Hall–Kier alpha value is -2.97. The Morgan fingerprint density at radius 2 is 1.52 bits per heavy atom. The number of carbonyl (C=O) groups is 3. The fraction of sp³-hybridized carbons (Fsp3) is 0.500. The topological polar surface area (TPSA) is 106 Å². The van der Waals surface area contributed by atoms with Crippen LogP contribution < -0.4 is 25.1 Å². The third kappa shape index (κ3) is 6.36. The Morgan fingerprint density at radius 1 is 0.963 bits per heavy atom. The van der Waals surface area contributed by atoms with Crippen LogP contribution in [0, 0.1) is 5.92 Å². The van der Waals surface area contributed by atoms with E-state index in [2.05, 4.69) is 10.9 Å². The van der Waals surface area contributed by atoms with Gasteiger partial charge in [0.1, 0.15) is 0 Å². The van der Waals surface area contributed by atoms with Crippen LogP contribution in [0.15, 0.2) is 12.1 Å². The first kappa shape index (κ1) is 22.1. The molecule has 9 heteroatoms. The van der Waals surface area contributed by atoms with E-state index in [1.54, 1.807) is 21.0 Å². The zero-order valence-electron chi connectivity index (χ0n) is 16.5. The summed E-state index contributed by atoms with van der Waals surface area (Å²) in [5, 5.41) is 0. The Bertz CT molecular complexity index is 665. The minimum absolute atomic E-state index is 0.0586. The molecule has 0 aliphatic carbocycles. The third-order valence-electron chi connectivity index (χ3n) is 3.80. The van der Waals surface area contributed by atoms with E-state index >= 15 is 0 Å². The van der Waals surface area contributed by atoms with Crippen molar-refractivity contribution in [2.45, 2.75) is 19.8 Å². The second-order valence-electron chi connectivity index (χ2n) is 6.22. The smallest absolute Gasteiger partial charge is 0.269 e. The van der Waals surface area contributed by atoms with Crippen LogP contribution >= 0.6 is 0 Å². The summed E-state index contributed by atoms with van der Waals surface area (Å²) < 4.78 is 15.6. The van der Waals surface area contributed by atoms with Gasteiger partial charge in [0, 0.05) is 32.5 Å². The highest BCUT2D eigenvalue weighted by molar-refractivity contribution is 5.96. The first-order valence-electron chi connectivity index (χ1n) is 8.32. The van der Waals surface area contributed by atoms with Gasteiger partial charge >= 0.3 is 0 Å². The first-order chi connectivity index (χ1) is 12.7. The zero-order valence-corrected chi connectivity index (χ0v) is 16.5. The minimum Gasteiger partial charge on any atom is -0.493 e. The molecule has 1 atom stereocenters. The van der Waals surface area contributed by atoms with Gasteiger partial charge in [-0.1, -0.05) is 6.92 Å². The standard InChI is InChI=1S/C18H27N3O6/c1-11(8-16(23)21(2)3)7-15(22)19-20-18(24)12-9-13(25-4)17(27-6)14(10-12)26-5/h9-11H,7-8H2,1-6H3,(H,19,22)(H,20,24). The molecule has 0 aliphatic heterocycles. The summed E-state index contributed by atoms with van der Waals surface area (Å²) in [7, 11) is 7.66. The van der Waals surface area contributed by atoms with Gasteiger partial charge in [-0.25, -0.2) is 0 Å². The molecule has 150 valence electrons. The van der Waals surface area contributed by atoms with Crippen LogP contribution in [0.4, 0.5) is 0 Å². The molecule has 1 aromatic carbocycles. The number of nitrogens with one attached hydrogen (secondary N) is 2. The Kier molecular flexibility index (Phi) is 8.37. The minimum atomic E-state index is -0.542. The number of methoxy groups -OCH3 is 3. The van der Waals surface area contributed by atoms with Gasteiger partial charge in [0.05, 0.1) is 21.3 Å². The number of benzene rings is 1. The van der Waals surface area contributed by atoms with Crippen LogP contribution in [-0.4, -0.2) is 58.0 Å².